The molecule has 1 aromatic heterocycles. The van der Waals surface area contributed by atoms with Gasteiger partial charge in [-0.25, -0.2) is 0 Å². The third-order valence-corrected chi connectivity index (χ3v) is 8.37. The Bertz CT molecular complexity index is 1400. The number of aromatic nitrogens is 1. The number of hydrogen-bond acceptors (Lipinski definition) is 3. The lowest BCUT2D eigenvalue weighted by Gasteiger charge is -2.51. The molecule has 178 valence electrons. The molecule has 4 aromatic rings. The quantitative estimate of drug-likeness (QED) is 0.384. The molecule has 0 spiro atoms. The number of piperidine rings is 1. The molecule has 1 fully saturated rings. The molecule has 5 heteroatoms. The van der Waals surface area contributed by atoms with E-state index in [0.29, 0.717) is 6.42 Å². The molecule has 0 bridgehead atoms. The Morgan fingerprint density at radius 2 is 1.94 bits per heavy atom. The van der Waals surface area contributed by atoms with Crippen LogP contribution in [0, 0.1) is 5.92 Å². The number of benzene rings is 3. The molecule has 0 saturated carbocycles. The number of Topliss-reactive ketones (excluding diaryl/α,β-unsaturated/α-hetero) is 1. The van der Waals surface area contributed by atoms with Crippen molar-refractivity contribution in [1.82, 2.24) is 10.3 Å². The average Bonchev–Trinajstić information content (AvgIpc) is 3.23. The van der Waals surface area contributed by atoms with Crippen molar-refractivity contribution in [2.75, 3.05) is 13.7 Å². The Morgan fingerprint density at radius 3 is 2.77 bits per heavy atom. The fourth-order valence-corrected chi connectivity index (χ4v) is 6.64. The Morgan fingerprint density at radius 1 is 1.09 bits per heavy atom. The predicted octanol–water partition coefficient (Wildman–Crippen LogP) is 5.66. The summed E-state index contributed by atoms with van der Waals surface area (Å²) in [7, 11) is 1.71. The van der Waals surface area contributed by atoms with E-state index in [9.17, 15) is 4.79 Å². The number of carbonyl (C=O) groups is 1. The summed E-state index contributed by atoms with van der Waals surface area (Å²) in [6, 6.07) is 24.4. The Hall–Kier alpha value is -3.08. The lowest BCUT2D eigenvalue weighted by molar-refractivity contribution is -0.123. The van der Waals surface area contributed by atoms with Gasteiger partial charge < -0.3 is 15.0 Å². The second-order valence-corrected chi connectivity index (χ2v) is 10.4. The van der Waals surface area contributed by atoms with Gasteiger partial charge in [0.05, 0.1) is 13.2 Å². The summed E-state index contributed by atoms with van der Waals surface area (Å²) >= 11 is 6.39. The normalized spacial score (nSPS) is 23.5. The molecule has 2 heterocycles. The van der Waals surface area contributed by atoms with Gasteiger partial charge in [-0.15, -0.1) is 0 Å². The number of carbonyl (C=O) groups excluding carboxylic acids is 1. The first-order chi connectivity index (χ1) is 17.1. The van der Waals surface area contributed by atoms with E-state index in [-0.39, 0.29) is 23.2 Å². The minimum atomic E-state index is -0.215. The number of fused-ring (bicyclic) bond motifs is 4. The minimum Gasteiger partial charge on any atom is -0.497 e. The van der Waals surface area contributed by atoms with Crippen molar-refractivity contribution >= 4 is 28.3 Å². The summed E-state index contributed by atoms with van der Waals surface area (Å²) in [5, 5.41) is 5.54. The number of ether oxygens (including phenoxy) is 1. The Kier molecular flexibility index (Phi) is 5.66. The van der Waals surface area contributed by atoms with E-state index < -0.39 is 0 Å². The predicted molar refractivity (Wildman–Crippen MR) is 140 cm³/mol. The van der Waals surface area contributed by atoms with Gasteiger partial charge in [0.15, 0.2) is 5.78 Å². The zero-order valence-corrected chi connectivity index (χ0v) is 20.6. The summed E-state index contributed by atoms with van der Waals surface area (Å²) in [6.07, 6.45) is 3.10. The van der Waals surface area contributed by atoms with Crippen molar-refractivity contribution < 1.29 is 9.53 Å². The first-order valence-electron chi connectivity index (χ1n) is 12.3. The van der Waals surface area contributed by atoms with Crippen molar-refractivity contribution in [3.05, 3.63) is 100 Å². The summed E-state index contributed by atoms with van der Waals surface area (Å²) in [5.41, 5.74) is 5.83. The van der Waals surface area contributed by atoms with Crippen molar-refractivity contribution in [1.29, 1.82) is 0 Å². The SMILES string of the molecule is COc1cccc([C@]23CCNC(C(=O)Cc4ccccc4)C2Cc2c([nH]c4ccc(Cl)cc24)C3)c1. The Balaban J connectivity index is 1.47. The van der Waals surface area contributed by atoms with Gasteiger partial charge in [-0.2, -0.15) is 0 Å². The molecule has 1 saturated heterocycles. The minimum absolute atomic E-state index is 0.130. The summed E-state index contributed by atoms with van der Waals surface area (Å²) in [5.74, 6) is 1.25. The van der Waals surface area contributed by atoms with Gasteiger partial charge in [0.25, 0.3) is 0 Å². The molecule has 1 aliphatic heterocycles. The number of ketones is 1. The van der Waals surface area contributed by atoms with Crippen molar-refractivity contribution in [3.63, 3.8) is 0 Å². The lowest BCUT2D eigenvalue weighted by Crippen LogP contribution is -2.60. The number of H-pyrrole nitrogens is 1. The molecule has 1 aliphatic carbocycles. The monoisotopic (exact) mass is 484 g/mol. The van der Waals surface area contributed by atoms with Gasteiger partial charge in [0.1, 0.15) is 5.75 Å². The third-order valence-electron chi connectivity index (χ3n) is 8.13. The van der Waals surface area contributed by atoms with Gasteiger partial charge in [0, 0.05) is 33.5 Å². The first-order valence-corrected chi connectivity index (χ1v) is 12.7. The number of halogens is 1. The number of hydrogen-bond donors (Lipinski definition) is 2. The van der Waals surface area contributed by atoms with E-state index in [1.807, 2.05) is 42.5 Å². The molecule has 2 aliphatic rings. The van der Waals surface area contributed by atoms with E-state index in [1.54, 1.807) is 7.11 Å². The van der Waals surface area contributed by atoms with Crippen molar-refractivity contribution in [2.45, 2.75) is 37.1 Å². The number of methoxy groups -OCH3 is 1. The smallest absolute Gasteiger partial charge is 0.154 e. The van der Waals surface area contributed by atoms with Crippen molar-refractivity contribution in [3.8, 4) is 5.75 Å². The molecule has 0 radical (unpaired) electrons. The van der Waals surface area contributed by atoms with Crippen LogP contribution in [0.15, 0.2) is 72.8 Å². The van der Waals surface area contributed by atoms with Gasteiger partial charge in [0.2, 0.25) is 0 Å². The topological polar surface area (TPSA) is 54.1 Å². The van der Waals surface area contributed by atoms with E-state index in [1.165, 1.54) is 22.2 Å². The maximum atomic E-state index is 13.8. The van der Waals surface area contributed by atoms with Gasteiger partial charge in [-0.3, -0.25) is 4.79 Å². The third kappa shape index (κ3) is 3.85. The largest absolute Gasteiger partial charge is 0.497 e. The molecule has 35 heavy (non-hydrogen) atoms. The highest BCUT2D eigenvalue weighted by Gasteiger charge is 2.51. The molecule has 6 rings (SSSR count). The van der Waals surface area contributed by atoms with E-state index in [0.717, 1.165) is 47.7 Å². The van der Waals surface area contributed by atoms with Crippen LogP contribution in [-0.2, 0) is 29.5 Å². The number of aromatic amines is 1. The fourth-order valence-electron chi connectivity index (χ4n) is 6.46. The molecule has 3 aromatic carbocycles. The number of nitrogens with one attached hydrogen (secondary N) is 2. The summed E-state index contributed by atoms with van der Waals surface area (Å²) < 4.78 is 5.60. The zero-order valence-electron chi connectivity index (χ0n) is 19.8. The average molecular weight is 485 g/mol. The Labute approximate surface area is 210 Å². The molecule has 4 nitrogen and oxygen atoms in total. The molecule has 3 atom stereocenters. The van der Waals surface area contributed by atoms with E-state index in [2.05, 4.69) is 40.6 Å². The van der Waals surface area contributed by atoms with Crippen LogP contribution in [0.2, 0.25) is 5.02 Å². The second-order valence-electron chi connectivity index (χ2n) is 9.96. The fraction of sp³-hybridized carbons (Fsp3) is 0.300. The standard InChI is InChI=1S/C30H29ClN2O2/c1-35-22-9-5-8-20(15-22)30-12-13-32-29(28(34)14-19-6-3-2-4-7-19)25(30)17-24-23-16-21(31)10-11-26(23)33-27(24)18-30/h2-11,15-16,25,29,32-33H,12-14,17-18H2,1H3/t25?,29?,30-/m1/s1. The van der Waals surface area contributed by atoms with Crippen LogP contribution in [0.1, 0.15) is 28.8 Å². The van der Waals surface area contributed by atoms with Crippen LogP contribution in [0.3, 0.4) is 0 Å². The summed E-state index contributed by atoms with van der Waals surface area (Å²) in [4.78, 5) is 17.5. The zero-order chi connectivity index (χ0) is 24.0. The highest BCUT2D eigenvalue weighted by molar-refractivity contribution is 6.31. The van der Waals surface area contributed by atoms with Crippen LogP contribution >= 0.6 is 11.6 Å². The maximum absolute atomic E-state index is 13.8. The molecule has 2 N–H and O–H groups in total. The van der Waals surface area contributed by atoms with Crippen LogP contribution in [0.25, 0.3) is 10.9 Å². The van der Waals surface area contributed by atoms with E-state index in [4.69, 9.17) is 16.3 Å². The van der Waals surface area contributed by atoms with E-state index >= 15 is 0 Å². The number of rotatable bonds is 5. The molecular formula is C30H29ClN2O2. The second kappa shape index (κ2) is 8.85. The highest BCUT2D eigenvalue weighted by atomic mass is 35.5. The molecule has 2 unspecified atom stereocenters. The highest BCUT2D eigenvalue weighted by Crippen LogP contribution is 2.50. The maximum Gasteiger partial charge on any atom is 0.154 e. The molecular weight excluding hydrogens is 456 g/mol. The van der Waals surface area contributed by atoms with Crippen LogP contribution < -0.4 is 10.1 Å². The van der Waals surface area contributed by atoms with Gasteiger partial charge in [-0.1, -0.05) is 54.1 Å². The van der Waals surface area contributed by atoms with Crippen molar-refractivity contribution in [2.24, 2.45) is 5.92 Å². The lowest BCUT2D eigenvalue weighted by atomic mass is 9.56. The first kappa shape index (κ1) is 22.4. The van der Waals surface area contributed by atoms with Crippen LogP contribution in [0.4, 0.5) is 0 Å². The van der Waals surface area contributed by atoms with Crippen LogP contribution in [0.5, 0.6) is 5.75 Å². The summed E-state index contributed by atoms with van der Waals surface area (Å²) in [6.45, 7) is 0.806. The van der Waals surface area contributed by atoms with Gasteiger partial charge >= 0.3 is 0 Å². The van der Waals surface area contributed by atoms with Gasteiger partial charge in [-0.05, 0) is 78.7 Å². The molecule has 0 amide bonds. The van der Waals surface area contributed by atoms with Crippen LogP contribution in [-0.4, -0.2) is 30.5 Å².